The summed E-state index contributed by atoms with van der Waals surface area (Å²) in [6, 6.07) is 0. The molecule has 0 nitrogen and oxygen atoms in total. The van der Waals surface area contributed by atoms with E-state index in [1.54, 1.807) is 11.1 Å². The van der Waals surface area contributed by atoms with Crippen LogP contribution in [0, 0.1) is 5.92 Å². The lowest BCUT2D eigenvalue weighted by Gasteiger charge is -2.29. The minimum absolute atomic E-state index is 0.922. The van der Waals surface area contributed by atoms with Crippen molar-refractivity contribution >= 4 is 0 Å². The molecule has 1 saturated carbocycles. The van der Waals surface area contributed by atoms with Crippen molar-refractivity contribution < 1.29 is 0 Å². The molecule has 1 fully saturated rings. The maximum atomic E-state index is 2.36. The van der Waals surface area contributed by atoms with Crippen molar-refractivity contribution in [1.29, 1.82) is 0 Å². The zero-order chi connectivity index (χ0) is 9.97. The molecule has 0 aromatic rings. The molecule has 0 radical (unpaired) electrons. The van der Waals surface area contributed by atoms with Gasteiger partial charge in [0.2, 0.25) is 0 Å². The van der Waals surface area contributed by atoms with Crippen molar-refractivity contribution in [1.82, 2.24) is 0 Å². The van der Waals surface area contributed by atoms with Crippen molar-refractivity contribution in [3.63, 3.8) is 0 Å². The molecule has 0 bridgehead atoms. The summed E-state index contributed by atoms with van der Waals surface area (Å²) >= 11 is 0. The van der Waals surface area contributed by atoms with Gasteiger partial charge in [0, 0.05) is 0 Å². The van der Waals surface area contributed by atoms with Gasteiger partial charge in [-0.25, -0.2) is 0 Å². The highest BCUT2D eigenvalue weighted by molar-refractivity contribution is 5.30. The normalized spacial score (nSPS) is 24.0. The second kappa shape index (κ2) is 4.16. The Morgan fingerprint density at radius 2 is 1.93 bits per heavy atom. The number of hydrogen-bond donors (Lipinski definition) is 0. The molecular formula is C14H20. The van der Waals surface area contributed by atoms with Crippen LogP contribution < -0.4 is 0 Å². The standard InChI is InChI=1S/C14H20/c1-11-5-3-6-14(10-9-12(11)2)13-7-4-8-13/h3,5-6,13H,4,7-10H2,1-2H3. The van der Waals surface area contributed by atoms with Crippen molar-refractivity contribution in [2.24, 2.45) is 5.92 Å². The van der Waals surface area contributed by atoms with Crippen LogP contribution in [-0.2, 0) is 0 Å². The molecular weight excluding hydrogens is 168 g/mol. The summed E-state index contributed by atoms with van der Waals surface area (Å²) in [5.41, 5.74) is 4.71. The third-order valence-electron chi connectivity index (χ3n) is 3.75. The molecule has 2 rings (SSSR count). The van der Waals surface area contributed by atoms with Gasteiger partial charge in [-0.3, -0.25) is 0 Å². The Bertz CT molecular complexity index is 298. The highest BCUT2D eigenvalue weighted by atomic mass is 14.3. The Labute approximate surface area is 87.4 Å². The number of allylic oxidation sites excluding steroid dienone is 6. The van der Waals surface area contributed by atoms with Gasteiger partial charge in [0.25, 0.3) is 0 Å². The molecule has 76 valence electrons. The van der Waals surface area contributed by atoms with E-state index in [2.05, 4.69) is 32.1 Å². The Balaban J connectivity index is 2.09. The fourth-order valence-electron chi connectivity index (χ4n) is 2.19. The van der Waals surface area contributed by atoms with E-state index in [1.165, 1.54) is 37.7 Å². The summed E-state index contributed by atoms with van der Waals surface area (Å²) < 4.78 is 0. The first-order valence-corrected chi connectivity index (χ1v) is 5.81. The highest BCUT2D eigenvalue weighted by Gasteiger charge is 2.21. The lowest BCUT2D eigenvalue weighted by molar-refractivity contribution is 0.359. The Morgan fingerprint density at radius 3 is 2.57 bits per heavy atom. The molecule has 0 aliphatic heterocycles. The van der Waals surface area contributed by atoms with Crippen LogP contribution >= 0.6 is 0 Å². The first-order chi connectivity index (χ1) is 6.77. The van der Waals surface area contributed by atoms with E-state index in [4.69, 9.17) is 0 Å². The summed E-state index contributed by atoms with van der Waals surface area (Å²) in [5.74, 6) is 0.922. The van der Waals surface area contributed by atoms with Gasteiger partial charge >= 0.3 is 0 Å². The van der Waals surface area contributed by atoms with Crippen LogP contribution in [0.4, 0.5) is 0 Å². The average Bonchev–Trinajstić information content (AvgIpc) is 2.07. The second-order valence-corrected chi connectivity index (χ2v) is 4.69. The summed E-state index contributed by atoms with van der Waals surface area (Å²) in [4.78, 5) is 0. The van der Waals surface area contributed by atoms with Gasteiger partial charge in [0.1, 0.15) is 0 Å². The molecule has 0 atom stereocenters. The largest absolute Gasteiger partial charge is 0.0701 e. The predicted molar refractivity (Wildman–Crippen MR) is 62.2 cm³/mol. The Morgan fingerprint density at radius 1 is 1.14 bits per heavy atom. The van der Waals surface area contributed by atoms with E-state index < -0.39 is 0 Å². The lowest BCUT2D eigenvalue weighted by Crippen LogP contribution is -2.14. The maximum absolute atomic E-state index is 2.36. The monoisotopic (exact) mass is 188 g/mol. The SMILES string of the molecule is CC1=C(C)CCC(C2CCC2)=CC=C1. The van der Waals surface area contributed by atoms with Gasteiger partial charge in [-0.1, -0.05) is 41.4 Å². The van der Waals surface area contributed by atoms with E-state index >= 15 is 0 Å². The third-order valence-corrected chi connectivity index (χ3v) is 3.75. The van der Waals surface area contributed by atoms with Crippen LogP contribution in [0.2, 0.25) is 0 Å². The Hall–Kier alpha value is -0.780. The van der Waals surface area contributed by atoms with Crippen LogP contribution in [-0.4, -0.2) is 0 Å². The predicted octanol–water partition coefficient (Wildman–Crippen LogP) is 4.40. The molecule has 0 aromatic heterocycles. The summed E-state index contributed by atoms with van der Waals surface area (Å²) in [7, 11) is 0. The average molecular weight is 188 g/mol. The van der Waals surface area contributed by atoms with Gasteiger partial charge in [-0.05, 0) is 45.4 Å². The third kappa shape index (κ3) is 2.00. The van der Waals surface area contributed by atoms with Crippen LogP contribution in [0.25, 0.3) is 0 Å². The molecule has 0 unspecified atom stereocenters. The first-order valence-electron chi connectivity index (χ1n) is 5.81. The fraction of sp³-hybridized carbons (Fsp3) is 0.571. The van der Waals surface area contributed by atoms with E-state index in [0.29, 0.717) is 0 Å². The van der Waals surface area contributed by atoms with Crippen molar-refractivity contribution in [3.8, 4) is 0 Å². The zero-order valence-corrected chi connectivity index (χ0v) is 9.34. The second-order valence-electron chi connectivity index (χ2n) is 4.69. The molecule has 2 aliphatic carbocycles. The molecule has 0 N–H and O–H groups in total. The number of hydrogen-bond acceptors (Lipinski definition) is 0. The highest BCUT2D eigenvalue weighted by Crippen LogP contribution is 2.36. The van der Waals surface area contributed by atoms with E-state index in [-0.39, 0.29) is 0 Å². The van der Waals surface area contributed by atoms with E-state index in [0.717, 1.165) is 5.92 Å². The fourth-order valence-corrected chi connectivity index (χ4v) is 2.19. The molecule has 0 aromatic carbocycles. The number of rotatable bonds is 1. The summed E-state index contributed by atoms with van der Waals surface area (Å²) in [5, 5.41) is 0. The van der Waals surface area contributed by atoms with Crippen LogP contribution in [0.1, 0.15) is 46.0 Å². The molecule has 14 heavy (non-hydrogen) atoms. The van der Waals surface area contributed by atoms with E-state index in [1.807, 2.05) is 0 Å². The maximum Gasteiger partial charge on any atom is -0.0200 e. The van der Waals surface area contributed by atoms with Crippen LogP contribution in [0.3, 0.4) is 0 Å². The van der Waals surface area contributed by atoms with Gasteiger partial charge < -0.3 is 0 Å². The smallest absolute Gasteiger partial charge is 0.0200 e. The van der Waals surface area contributed by atoms with Crippen molar-refractivity contribution in [2.75, 3.05) is 0 Å². The van der Waals surface area contributed by atoms with Crippen molar-refractivity contribution in [2.45, 2.75) is 46.0 Å². The van der Waals surface area contributed by atoms with E-state index in [9.17, 15) is 0 Å². The molecule has 0 amide bonds. The molecule has 2 aliphatic rings. The Kier molecular flexibility index (Phi) is 2.90. The van der Waals surface area contributed by atoms with Crippen LogP contribution in [0.5, 0.6) is 0 Å². The summed E-state index contributed by atoms with van der Waals surface area (Å²) in [6.07, 6.45) is 13.7. The quantitative estimate of drug-likeness (QED) is 0.572. The van der Waals surface area contributed by atoms with Crippen LogP contribution in [0.15, 0.2) is 34.9 Å². The molecule has 0 heterocycles. The molecule has 0 saturated heterocycles. The zero-order valence-electron chi connectivity index (χ0n) is 9.34. The molecule has 0 spiro atoms. The van der Waals surface area contributed by atoms with Crippen molar-refractivity contribution in [3.05, 3.63) is 34.9 Å². The van der Waals surface area contributed by atoms with Gasteiger partial charge in [0.05, 0.1) is 0 Å². The van der Waals surface area contributed by atoms with Gasteiger partial charge in [0.15, 0.2) is 0 Å². The minimum Gasteiger partial charge on any atom is -0.0701 e. The lowest BCUT2D eigenvalue weighted by atomic mass is 9.77. The van der Waals surface area contributed by atoms with Gasteiger partial charge in [-0.2, -0.15) is 0 Å². The summed E-state index contributed by atoms with van der Waals surface area (Å²) in [6.45, 7) is 4.48. The topological polar surface area (TPSA) is 0 Å². The first kappa shape index (κ1) is 9.76. The van der Waals surface area contributed by atoms with Gasteiger partial charge in [-0.15, -0.1) is 0 Å². The minimum atomic E-state index is 0.922. The molecule has 0 heteroatoms.